The van der Waals surface area contributed by atoms with Crippen molar-refractivity contribution in [2.45, 2.75) is 190 Å². The van der Waals surface area contributed by atoms with Gasteiger partial charge >= 0.3 is 18.3 Å². The van der Waals surface area contributed by atoms with Crippen molar-refractivity contribution in [2.24, 2.45) is 56.8 Å². The van der Waals surface area contributed by atoms with Gasteiger partial charge in [0.25, 0.3) is 15.9 Å². The Morgan fingerprint density at radius 3 is 2.01 bits per heavy atom. The van der Waals surface area contributed by atoms with E-state index in [2.05, 4.69) is 81.6 Å². The number of nitrogen functional groups attached to an aromatic ring is 1. The number of methoxy groups -OCH3 is 3. The van der Waals surface area contributed by atoms with Gasteiger partial charge in [-0.3, -0.25) is 29.1 Å². The van der Waals surface area contributed by atoms with E-state index in [4.69, 9.17) is 79.6 Å². The number of fused-ring (bicyclic) bond motifs is 5. The number of Topliss-reactive ketones (excluding diaryl/α,β-unsaturated/α-hetero) is 2. The van der Waals surface area contributed by atoms with Gasteiger partial charge < -0.3 is 72.8 Å². The lowest BCUT2D eigenvalue weighted by Crippen LogP contribution is -2.69. The Bertz CT molecular complexity index is 5880. The summed E-state index contributed by atoms with van der Waals surface area (Å²) < 4.78 is 133. The molecule has 3 unspecified atom stereocenters. The Hall–Kier alpha value is -11.9. The highest BCUT2D eigenvalue weighted by Gasteiger charge is 2.70. The summed E-state index contributed by atoms with van der Waals surface area (Å²) in [5.74, 6) is 0.549. The number of guanidine groups is 2. The number of anilines is 4. The average molecular weight is 1930 g/mol. The normalized spacial score (nSPS) is 22.4. The quantitative estimate of drug-likeness (QED) is 0.00770. The van der Waals surface area contributed by atoms with E-state index in [0.29, 0.717) is 76.3 Å². The second kappa shape index (κ2) is 46.6. The van der Waals surface area contributed by atoms with Crippen LogP contribution in [0.2, 0.25) is 10.0 Å². The molecule has 5 aliphatic heterocycles. The smallest absolute Gasteiger partial charge is 0.433 e. The maximum atomic E-state index is 13.2. The third-order valence-electron chi connectivity index (χ3n) is 24.2. The number of ether oxygens (including phenoxy) is 5. The molecule has 14 N–H and O–H groups in total. The van der Waals surface area contributed by atoms with Gasteiger partial charge in [0, 0.05) is 110 Å². The molecule has 3 aliphatic carbocycles. The molecule has 4 aromatic heterocycles. The number of esters is 1. The van der Waals surface area contributed by atoms with Crippen LogP contribution in [0, 0.1) is 29.6 Å². The number of alkyl halides is 6. The minimum atomic E-state index is -4.93. The predicted molar refractivity (Wildman–Crippen MR) is 506 cm³/mol. The topological polar surface area (TPSA) is 432 Å². The molecule has 38 heteroatoms. The summed E-state index contributed by atoms with van der Waals surface area (Å²) in [7, 11) is 0.616. The van der Waals surface area contributed by atoms with Crippen molar-refractivity contribution in [3.05, 3.63) is 238 Å². The molecule has 1 spiro atoms. The van der Waals surface area contributed by atoms with Crippen molar-refractivity contribution in [1.82, 2.24) is 30.2 Å². The van der Waals surface area contributed by atoms with Crippen molar-refractivity contribution < 1.29 is 92.8 Å². The summed E-state index contributed by atoms with van der Waals surface area (Å²) >= 11 is 11.7. The Morgan fingerprint density at radius 2 is 1.39 bits per heavy atom. The van der Waals surface area contributed by atoms with Crippen LogP contribution in [0.25, 0.3) is 27.6 Å². The van der Waals surface area contributed by atoms with Crippen LogP contribution in [-0.2, 0) is 51.2 Å². The van der Waals surface area contributed by atoms with Crippen LogP contribution in [0.5, 0.6) is 17.4 Å². The number of para-hydroxylation sites is 1. The fraction of sp³-hybridized carbons (Fsp3) is 0.402. The number of pyridine rings is 3. The molecule has 2 bridgehead atoms. The number of benzene rings is 6. The fourth-order valence-corrected chi connectivity index (χ4v) is 18.7. The molecule has 2 saturated carbocycles. The highest BCUT2D eigenvalue weighted by atomic mass is 35.5. The molecule has 9 heterocycles. The first-order chi connectivity index (χ1) is 64.3. The van der Waals surface area contributed by atoms with Crippen molar-refractivity contribution >= 4 is 113 Å². The number of nitrogens with zero attached hydrogens (tertiary/aromatic N) is 7. The van der Waals surface area contributed by atoms with Crippen LogP contribution in [0.4, 0.5) is 49.2 Å². The number of carbonyl (C=O) groups is 3. The third kappa shape index (κ3) is 26.5. The molecule has 7 fully saturated rings. The number of hydrogen-bond donors (Lipinski definition) is 10. The second-order valence-electron chi connectivity index (χ2n) is 33.9. The Morgan fingerprint density at radius 1 is 0.711 bits per heavy atom. The molecule has 722 valence electrons. The van der Waals surface area contributed by atoms with Crippen LogP contribution < -0.4 is 57.8 Å². The van der Waals surface area contributed by atoms with Gasteiger partial charge in [-0.1, -0.05) is 104 Å². The van der Waals surface area contributed by atoms with Crippen molar-refractivity contribution in [2.75, 3.05) is 55.5 Å². The molecule has 6 aromatic carbocycles. The van der Waals surface area contributed by atoms with Crippen LogP contribution in [0.15, 0.2) is 209 Å². The summed E-state index contributed by atoms with van der Waals surface area (Å²) in [6.07, 6.45) is 6.20. The summed E-state index contributed by atoms with van der Waals surface area (Å²) in [6.45, 7) is 13.3. The Labute approximate surface area is 789 Å². The Balaban J connectivity index is 0.000000155. The van der Waals surface area contributed by atoms with E-state index in [1.807, 2.05) is 88.5 Å². The van der Waals surface area contributed by atoms with E-state index in [0.717, 1.165) is 123 Å². The molecule has 135 heavy (non-hydrogen) atoms. The highest BCUT2D eigenvalue weighted by molar-refractivity contribution is 7.92. The number of aliphatic hydroxyl groups is 2. The van der Waals surface area contributed by atoms with E-state index >= 15 is 0 Å². The van der Waals surface area contributed by atoms with Gasteiger partial charge in [-0.05, 0) is 237 Å². The Kier molecular flexibility index (Phi) is 35.8. The first kappa shape index (κ1) is 104. The van der Waals surface area contributed by atoms with Gasteiger partial charge in [0.05, 0.1) is 60.5 Å². The minimum absolute atomic E-state index is 0.0128. The molecule has 0 amide bonds. The summed E-state index contributed by atoms with van der Waals surface area (Å²) in [6, 6.07) is 44.8. The number of ketones is 2. The van der Waals surface area contributed by atoms with Gasteiger partial charge in [0.1, 0.15) is 23.5 Å². The molecular formula is C97H113Cl2F6N15O14S. The van der Waals surface area contributed by atoms with E-state index in [1.165, 1.54) is 56.4 Å². The number of allylic oxidation sites excluding steroid dienone is 1. The van der Waals surface area contributed by atoms with Crippen LogP contribution in [0.3, 0.4) is 0 Å². The van der Waals surface area contributed by atoms with Crippen molar-refractivity contribution in [3.63, 3.8) is 0 Å². The second-order valence-corrected chi connectivity index (χ2v) is 36.5. The molecule has 8 aliphatic rings. The zero-order valence-corrected chi connectivity index (χ0v) is 78.3. The average Bonchev–Trinajstić information content (AvgIpc) is 1.63. The number of rotatable bonds is 17. The summed E-state index contributed by atoms with van der Waals surface area (Å²) in [5.41, 5.74) is 23.6. The number of nitrogens with one attached hydrogen (secondary N) is 4. The lowest BCUT2D eigenvalue weighted by atomic mass is 9.58. The third-order valence-corrected chi connectivity index (χ3v) is 26.0. The maximum Gasteiger partial charge on any atom is 0.433 e. The molecule has 10 atom stereocenters. The number of piperidine rings is 1. The summed E-state index contributed by atoms with van der Waals surface area (Å²) in [4.78, 5) is 75.9. The number of aliphatic imine (C=N–C) groups is 2. The maximum absolute atomic E-state index is 13.2. The number of nitrogens with two attached hydrogens (primary N) is 4. The van der Waals surface area contributed by atoms with Gasteiger partial charge in [0.15, 0.2) is 11.4 Å². The molecule has 0 radical (unpaired) electrons. The fourth-order valence-electron chi connectivity index (χ4n) is 17.4. The number of halogens is 8. The molecule has 10 aromatic rings. The van der Waals surface area contributed by atoms with E-state index in [-0.39, 0.29) is 80.7 Å². The molecule has 29 nitrogen and oxygen atoms in total. The molecule has 18 rings (SSSR count). The van der Waals surface area contributed by atoms with Gasteiger partial charge in [0.2, 0.25) is 41.3 Å². The number of sulfonamides is 1. The number of aromatic nitrogens is 5. The lowest BCUT2D eigenvalue weighted by molar-refractivity contribution is -0.559. The largest absolute Gasteiger partial charge is 0.507 e. The molecule has 5 saturated heterocycles. The summed E-state index contributed by atoms with van der Waals surface area (Å²) in [5, 5.41) is 33.0. The number of aliphatic hydroxyl groups excluding tert-OH is 2. The lowest BCUT2D eigenvalue weighted by Gasteiger charge is -2.57. The molecular weight excluding hydrogens is 1820 g/mol. The highest BCUT2D eigenvalue weighted by Crippen LogP contribution is 2.60. The minimum Gasteiger partial charge on any atom is -0.507 e. The van der Waals surface area contributed by atoms with Crippen molar-refractivity contribution in [3.8, 4) is 17.4 Å². The van der Waals surface area contributed by atoms with Crippen LogP contribution in [-0.4, -0.2) is 143 Å². The van der Waals surface area contributed by atoms with E-state index < -0.39 is 80.5 Å². The number of hydrogen-bond acceptors (Lipinski definition) is 24. The van der Waals surface area contributed by atoms with Gasteiger partial charge in [-0.25, -0.2) is 33.2 Å². The zero-order chi connectivity index (χ0) is 97.7. The van der Waals surface area contributed by atoms with Gasteiger partial charge in [-0.15, -0.1) is 0 Å². The first-order valence-electron chi connectivity index (χ1n) is 44.2. The van der Waals surface area contributed by atoms with Crippen LogP contribution in [0.1, 0.15) is 175 Å². The van der Waals surface area contributed by atoms with Crippen LogP contribution >= 0.6 is 23.2 Å². The standard InChI is InChI=1S/C22H19ClO3.C17H16F6N2O.C15H21N3O.C15H22O5.C12H14N4O4S.C11H16ClN5.C5H5N/c23-16-11-9-14(10-12-16)13-5-7-15(8-6-13)19-20(24)17-3-1-2-4-18(17)21(25)22(19)26;18-16(19,20)11-5-3-4-9-10(15(26)12-6-1-2-7-24-12)8-13(17(21,22)23)25-14(9)11;1-11(5-3-7-16)18-14-10-13(19-2)9-12-6-4-8-17-15(12)14;1-8-4-5-11-9(2)12(16)17-13-15(11)10(8)6-7-14(3,18-13)19-20-15;1-19-10-11(14-7-15-12(10)20-2)16-21(17,18)9-5-3-8(13)4-6-9;1-7(2)15-10(13)17-11(14)16-9-5-3-8(12)4-6-9;1-2-4-6-5-3-1/h1-4,9-13,15,24H,5-8H2;3-5,8,12,15,24,26H,1-2,6-7H2;4,6,8-11,18H,3,5,7,16H2,1-2H3;8-11,13H,4-7H2,1-3H3;3-7H,13H2,1-2H3,(H,14,15,16);3-7H,1-2H3,(H5,13,14,15,16,17);1-5H/t;;;8-,9-,10+,11+,13-,14-,15-;;;/m...1.../s1. The van der Waals surface area contributed by atoms with Crippen molar-refractivity contribution in [1.29, 1.82) is 0 Å². The predicted octanol–water partition coefficient (Wildman–Crippen LogP) is 18.7. The number of carbonyl (C=O) groups excluding carboxylic acids is 3. The SMILES string of the molecule is CC(C)N=C(N)N=C(N)Nc1ccc(Cl)cc1.COc1cc(NC(C)CCCN)c2ncccc2c1.COc1ncnc(NS(=O)(=O)c2ccc(N)cc2)c1OC.C[C@@H]1CC[C@H]2[C@@H](C)C(=O)O[C@@H]3O[C@@]4(C)CC[C@@H]1[C@]32OO4.O=C1C(=O)c2ccccc2C(O)=C1C1CCC(c2ccc(Cl)cc2)CC1.OC(c1cc(C(F)(F)F)nc2c(C(F)(F)F)cccc12)C1CCCCN1.c1ccncc1. The zero-order valence-electron chi connectivity index (χ0n) is 76.0. The monoisotopic (exact) mass is 1930 g/mol. The first-order valence-corrected chi connectivity index (χ1v) is 46.4. The van der Waals surface area contributed by atoms with Gasteiger partial charge in [-0.2, -0.15) is 36.3 Å². The van der Waals surface area contributed by atoms with E-state index in [9.17, 15) is 59.4 Å². The van der Waals surface area contributed by atoms with E-state index in [1.54, 1.807) is 68.0 Å².